The number of hydrogen-bond acceptors (Lipinski definition) is 4. The fourth-order valence-electron chi connectivity index (χ4n) is 6.13. The molecule has 2 atom stereocenters. The topological polar surface area (TPSA) is 63.2 Å². The molecular formula is C26H25F4N3O2S. The Bertz CT molecular complexity index is 1460. The number of likely N-dealkylation sites (N-methyl/N-ethyl adjacent to an activating group) is 1. The van der Waals surface area contributed by atoms with Crippen molar-refractivity contribution in [1.82, 2.24) is 14.5 Å². The van der Waals surface area contributed by atoms with Crippen LogP contribution in [0.1, 0.15) is 50.8 Å². The van der Waals surface area contributed by atoms with Gasteiger partial charge in [-0.3, -0.25) is 0 Å². The number of benzene rings is 2. The Labute approximate surface area is 207 Å². The molecule has 2 aliphatic carbocycles. The van der Waals surface area contributed by atoms with Gasteiger partial charge in [0.25, 0.3) is 0 Å². The number of fused-ring (bicyclic) bond motifs is 5. The molecule has 2 aromatic carbocycles. The molecule has 0 aliphatic heterocycles. The van der Waals surface area contributed by atoms with Crippen LogP contribution in [0, 0.1) is 28.7 Å². The Kier molecular flexibility index (Phi) is 5.75. The fraction of sp³-hybridized carbons (Fsp3) is 0.385. The van der Waals surface area contributed by atoms with Crippen LogP contribution < -0.4 is 0 Å². The van der Waals surface area contributed by atoms with E-state index in [0.29, 0.717) is 18.2 Å². The van der Waals surface area contributed by atoms with E-state index in [4.69, 9.17) is 0 Å². The summed E-state index contributed by atoms with van der Waals surface area (Å²) >= 11 is 0. The summed E-state index contributed by atoms with van der Waals surface area (Å²) in [6.45, 7) is 5.77. The van der Waals surface area contributed by atoms with E-state index in [2.05, 4.69) is 10.2 Å². The van der Waals surface area contributed by atoms with Gasteiger partial charge < -0.3 is 0 Å². The molecule has 1 saturated carbocycles. The van der Waals surface area contributed by atoms with E-state index >= 15 is 0 Å². The molecule has 190 valence electrons. The third-order valence-electron chi connectivity index (χ3n) is 8.15. The van der Waals surface area contributed by atoms with Crippen molar-refractivity contribution >= 4 is 10.0 Å². The Morgan fingerprint density at radius 3 is 2.33 bits per heavy atom. The van der Waals surface area contributed by atoms with E-state index < -0.39 is 49.0 Å². The monoisotopic (exact) mass is 519 g/mol. The molecule has 0 spiro atoms. The Balaban J connectivity index is 1.59. The van der Waals surface area contributed by atoms with E-state index in [9.17, 15) is 26.0 Å². The molecule has 0 amide bonds. The van der Waals surface area contributed by atoms with Gasteiger partial charge in [0.2, 0.25) is 10.0 Å². The van der Waals surface area contributed by atoms with Gasteiger partial charge in [0.1, 0.15) is 28.2 Å². The number of aromatic nitrogens is 2. The van der Waals surface area contributed by atoms with Crippen molar-refractivity contribution in [3.8, 4) is 11.3 Å². The molecule has 0 radical (unpaired) electrons. The standard InChI is InChI=1S/C26H25F4N3O2S/c1-4-33(36(34,35)22-9-8-15(27)12-20(22)30)14-26-11-10-17(25(26,2)3)16-13-21(31-32-24(16)26)23-18(28)6-5-7-19(23)29/h5-9,12-13,17H,4,10-11,14H2,1-3H3/t17-,26-/m0/s1. The van der Waals surface area contributed by atoms with Crippen LogP contribution in [0.2, 0.25) is 0 Å². The molecule has 1 fully saturated rings. The normalized spacial score (nSPS) is 22.3. The predicted octanol–water partition coefficient (Wildman–Crippen LogP) is 5.57. The zero-order valence-corrected chi connectivity index (χ0v) is 20.8. The molecule has 36 heavy (non-hydrogen) atoms. The Morgan fingerprint density at radius 1 is 1.00 bits per heavy atom. The van der Waals surface area contributed by atoms with Gasteiger partial charge in [-0.15, -0.1) is 0 Å². The lowest BCUT2D eigenvalue weighted by atomic mass is 9.68. The Morgan fingerprint density at radius 2 is 1.69 bits per heavy atom. The lowest BCUT2D eigenvalue weighted by molar-refractivity contribution is 0.169. The van der Waals surface area contributed by atoms with Crippen molar-refractivity contribution < 1.29 is 26.0 Å². The van der Waals surface area contributed by atoms with Crippen LogP contribution in [0.15, 0.2) is 47.4 Å². The number of nitrogens with zero attached hydrogens (tertiary/aromatic N) is 3. The first-order valence-corrected chi connectivity index (χ1v) is 13.2. The van der Waals surface area contributed by atoms with Crippen molar-refractivity contribution in [2.75, 3.05) is 13.1 Å². The molecule has 10 heteroatoms. The van der Waals surface area contributed by atoms with Gasteiger partial charge in [-0.25, -0.2) is 26.0 Å². The summed E-state index contributed by atoms with van der Waals surface area (Å²) in [6, 6.07) is 7.64. The summed E-state index contributed by atoms with van der Waals surface area (Å²) in [5.41, 5.74) is 0.00744. The van der Waals surface area contributed by atoms with Crippen molar-refractivity contribution in [2.45, 2.75) is 49.8 Å². The van der Waals surface area contributed by atoms with Gasteiger partial charge in [-0.2, -0.15) is 14.5 Å². The van der Waals surface area contributed by atoms with Crippen LogP contribution in [0.4, 0.5) is 17.6 Å². The minimum absolute atomic E-state index is 0.0151. The maximum absolute atomic E-state index is 14.5. The van der Waals surface area contributed by atoms with Crippen molar-refractivity contribution in [1.29, 1.82) is 0 Å². The third kappa shape index (κ3) is 3.41. The molecule has 2 bridgehead atoms. The van der Waals surface area contributed by atoms with E-state index in [1.807, 2.05) is 13.8 Å². The SMILES string of the molecule is CCN(C[C@@]12CC[C@@H](c3cc(-c4c(F)cccc4F)nnc31)C2(C)C)S(=O)(=O)c1ccc(F)cc1F. The van der Waals surface area contributed by atoms with Crippen LogP contribution in [-0.4, -0.2) is 36.0 Å². The smallest absolute Gasteiger partial charge is 0.207 e. The van der Waals surface area contributed by atoms with Crippen LogP contribution >= 0.6 is 0 Å². The highest BCUT2D eigenvalue weighted by Crippen LogP contribution is 2.67. The van der Waals surface area contributed by atoms with Crippen molar-refractivity contribution in [2.24, 2.45) is 5.41 Å². The molecule has 0 saturated heterocycles. The molecule has 0 N–H and O–H groups in total. The predicted molar refractivity (Wildman–Crippen MR) is 126 cm³/mol. The second-order valence-corrected chi connectivity index (χ2v) is 11.9. The average Bonchev–Trinajstić information content (AvgIpc) is 3.16. The van der Waals surface area contributed by atoms with Gasteiger partial charge in [-0.05, 0) is 60.1 Å². The summed E-state index contributed by atoms with van der Waals surface area (Å²) in [5, 5.41) is 8.56. The highest BCUT2D eigenvalue weighted by atomic mass is 32.2. The van der Waals surface area contributed by atoms with Crippen LogP contribution in [0.3, 0.4) is 0 Å². The maximum Gasteiger partial charge on any atom is 0.246 e. The lowest BCUT2D eigenvalue weighted by Crippen LogP contribution is -2.48. The van der Waals surface area contributed by atoms with Gasteiger partial charge in [0, 0.05) is 24.6 Å². The number of sulfonamides is 1. The second kappa shape index (κ2) is 8.34. The Hall–Kier alpha value is -2.85. The lowest BCUT2D eigenvalue weighted by Gasteiger charge is -2.41. The largest absolute Gasteiger partial charge is 0.246 e. The van der Waals surface area contributed by atoms with Crippen molar-refractivity contribution in [3.63, 3.8) is 0 Å². The first-order valence-electron chi connectivity index (χ1n) is 11.7. The fourth-order valence-corrected chi connectivity index (χ4v) is 7.69. The summed E-state index contributed by atoms with van der Waals surface area (Å²) in [7, 11) is -4.29. The van der Waals surface area contributed by atoms with Gasteiger partial charge in [-0.1, -0.05) is 26.8 Å². The average molecular weight is 520 g/mol. The molecule has 1 heterocycles. The highest BCUT2D eigenvalue weighted by Gasteiger charge is 2.64. The molecule has 3 aromatic rings. The van der Waals surface area contributed by atoms with Crippen LogP contribution in [-0.2, 0) is 15.4 Å². The van der Waals surface area contributed by atoms with E-state index in [-0.39, 0.29) is 30.3 Å². The number of halogens is 4. The first-order chi connectivity index (χ1) is 16.9. The molecule has 5 nitrogen and oxygen atoms in total. The first kappa shape index (κ1) is 24.8. The minimum atomic E-state index is -4.29. The minimum Gasteiger partial charge on any atom is -0.207 e. The summed E-state index contributed by atoms with van der Waals surface area (Å²) in [5.74, 6) is -3.54. The summed E-state index contributed by atoms with van der Waals surface area (Å²) < 4.78 is 84.8. The molecule has 0 unspecified atom stereocenters. The second-order valence-electron chi connectivity index (χ2n) is 10.0. The van der Waals surface area contributed by atoms with Crippen molar-refractivity contribution in [3.05, 3.63) is 77.0 Å². The van der Waals surface area contributed by atoms with Gasteiger partial charge in [0.15, 0.2) is 0 Å². The van der Waals surface area contributed by atoms with Gasteiger partial charge in [0.05, 0.1) is 17.0 Å². The van der Waals surface area contributed by atoms with E-state index in [0.717, 1.165) is 36.2 Å². The third-order valence-corrected chi connectivity index (χ3v) is 10.1. The maximum atomic E-state index is 14.5. The highest BCUT2D eigenvalue weighted by molar-refractivity contribution is 7.89. The summed E-state index contributed by atoms with van der Waals surface area (Å²) in [6.07, 6.45) is 1.35. The zero-order valence-electron chi connectivity index (χ0n) is 20.0. The molecule has 5 rings (SSSR count). The summed E-state index contributed by atoms with van der Waals surface area (Å²) in [4.78, 5) is -0.593. The van der Waals surface area contributed by atoms with Crippen LogP contribution in [0.25, 0.3) is 11.3 Å². The molecule has 1 aromatic heterocycles. The molecule has 2 aliphatic rings. The van der Waals surface area contributed by atoms with E-state index in [1.165, 1.54) is 10.4 Å². The zero-order chi connectivity index (χ0) is 26.0. The van der Waals surface area contributed by atoms with Gasteiger partial charge >= 0.3 is 0 Å². The quantitative estimate of drug-likeness (QED) is 0.400. The van der Waals surface area contributed by atoms with E-state index in [1.54, 1.807) is 13.0 Å². The van der Waals surface area contributed by atoms with Crippen LogP contribution in [0.5, 0.6) is 0 Å². The molecular weight excluding hydrogens is 494 g/mol. The number of hydrogen-bond donors (Lipinski definition) is 0. The number of rotatable bonds is 6.